The van der Waals surface area contributed by atoms with Gasteiger partial charge in [-0.25, -0.2) is 4.79 Å². The molecule has 0 aromatic rings. The molecule has 0 spiro atoms. The molecule has 4 saturated carbocycles. The maximum atomic E-state index is 11.5. The molecule has 0 radical (unpaired) electrons. The molecule has 0 aromatic heterocycles. The number of hydrogen-bond acceptors (Lipinski definition) is 2. The molecule has 98 valence electrons. The minimum Gasteiger partial charge on any atom is -0.450 e. The average molecular weight is 260 g/mol. The molecule has 3 nitrogen and oxygen atoms in total. The summed E-state index contributed by atoms with van der Waals surface area (Å²) in [6.45, 7) is 2.33. The Hall–Kier alpha value is -0.440. The molecule has 0 aliphatic heterocycles. The molecule has 4 heteroatoms. The lowest BCUT2D eigenvalue weighted by Crippen LogP contribution is -2.55. The highest BCUT2D eigenvalue weighted by atomic mass is 35.5. The number of hydrogen-bond donors (Lipinski definition) is 1. The van der Waals surface area contributed by atoms with Crippen LogP contribution in [-0.2, 0) is 4.74 Å². The predicted octanol–water partition coefficient (Wildman–Crippen LogP) is 2.98. The van der Waals surface area contributed by atoms with Crippen molar-refractivity contribution in [1.82, 2.24) is 5.32 Å². The van der Waals surface area contributed by atoms with Gasteiger partial charge in [0.05, 0.1) is 6.61 Å². The van der Waals surface area contributed by atoms with Crippen molar-refractivity contribution in [1.29, 1.82) is 0 Å². The highest BCUT2D eigenvalue weighted by Gasteiger charge is 2.48. The van der Waals surface area contributed by atoms with Gasteiger partial charge in [-0.15, -0.1) is 12.4 Å². The van der Waals surface area contributed by atoms with Gasteiger partial charge in [0.1, 0.15) is 0 Å². The van der Waals surface area contributed by atoms with Gasteiger partial charge in [-0.2, -0.15) is 0 Å². The van der Waals surface area contributed by atoms with Crippen molar-refractivity contribution in [2.24, 2.45) is 23.7 Å². The van der Waals surface area contributed by atoms with E-state index in [1.165, 1.54) is 32.1 Å². The van der Waals surface area contributed by atoms with Crippen molar-refractivity contribution in [3.8, 4) is 0 Å². The fourth-order valence-electron chi connectivity index (χ4n) is 4.47. The number of carbonyl (C=O) groups excluding carboxylic acids is 1. The largest absolute Gasteiger partial charge is 0.450 e. The zero-order valence-corrected chi connectivity index (χ0v) is 11.2. The summed E-state index contributed by atoms with van der Waals surface area (Å²) < 4.78 is 5.00. The summed E-state index contributed by atoms with van der Waals surface area (Å²) >= 11 is 0. The maximum absolute atomic E-state index is 11.5. The van der Waals surface area contributed by atoms with Crippen LogP contribution in [-0.4, -0.2) is 18.7 Å². The first-order chi connectivity index (χ1) is 7.76. The van der Waals surface area contributed by atoms with Crippen LogP contribution in [0.4, 0.5) is 4.79 Å². The molecule has 0 aromatic carbocycles. The van der Waals surface area contributed by atoms with Crippen LogP contribution in [0.3, 0.4) is 0 Å². The number of carbonyl (C=O) groups is 1. The van der Waals surface area contributed by atoms with Crippen molar-refractivity contribution in [2.45, 2.75) is 45.1 Å². The highest BCUT2D eigenvalue weighted by Crippen LogP contribution is 2.53. The summed E-state index contributed by atoms with van der Waals surface area (Å²) in [6, 6.07) is 0.409. The van der Waals surface area contributed by atoms with Gasteiger partial charge in [-0.3, -0.25) is 0 Å². The number of ether oxygens (including phenoxy) is 1. The highest BCUT2D eigenvalue weighted by molar-refractivity contribution is 5.85. The number of rotatable bonds is 2. The molecule has 0 saturated heterocycles. The third kappa shape index (κ3) is 2.40. The second-order valence-electron chi connectivity index (χ2n) is 5.82. The van der Waals surface area contributed by atoms with Crippen LogP contribution in [0.15, 0.2) is 0 Å². The summed E-state index contributed by atoms with van der Waals surface area (Å²) in [5, 5.41) is 3.10. The molecule has 4 rings (SSSR count). The van der Waals surface area contributed by atoms with Crippen molar-refractivity contribution < 1.29 is 9.53 Å². The number of nitrogens with one attached hydrogen (secondary N) is 1. The molecule has 0 heterocycles. The fourth-order valence-corrected chi connectivity index (χ4v) is 4.47. The first-order valence-electron chi connectivity index (χ1n) is 6.69. The zero-order chi connectivity index (χ0) is 11.1. The molecular weight excluding hydrogens is 238 g/mol. The Morgan fingerprint density at radius 1 is 1.12 bits per heavy atom. The summed E-state index contributed by atoms with van der Waals surface area (Å²) in [5.74, 6) is 3.40. The monoisotopic (exact) mass is 259 g/mol. The molecular formula is C13H22ClNO2. The Morgan fingerprint density at radius 3 is 2.12 bits per heavy atom. The van der Waals surface area contributed by atoms with Gasteiger partial charge in [-0.1, -0.05) is 0 Å². The summed E-state index contributed by atoms with van der Waals surface area (Å²) in [4.78, 5) is 11.5. The number of alkyl carbamates (subject to hydrolysis) is 1. The van der Waals surface area contributed by atoms with Crippen LogP contribution < -0.4 is 5.32 Å². The molecule has 1 N–H and O–H groups in total. The summed E-state index contributed by atoms with van der Waals surface area (Å²) in [5.41, 5.74) is 0. The first kappa shape index (κ1) is 13.0. The van der Waals surface area contributed by atoms with Crippen LogP contribution in [0.1, 0.15) is 39.0 Å². The van der Waals surface area contributed by atoms with Gasteiger partial charge in [0.25, 0.3) is 0 Å². The lowest BCUT2D eigenvalue weighted by molar-refractivity contribution is -0.0134. The number of halogens is 1. The van der Waals surface area contributed by atoms with Gasteiger partial charge in [0.15, 0.2) is 0 Å². The van der Waals surface area contributed by atoms with E-state index in [1.54, 1.807) is 0 Å². The van der Waals surface area contributed by atoms with Crippen molar-refractivity contribution in [2.75, 3.05) is 6.61 Å². The minimum atomic E-state index is -0.208. The maximum Gasteiger partial charge on any atom is 0.407 e. The van der Waals surface area contributed by atoms with E-state index < -0.39 is 0 Å². The van der Waals surface area contributed by atoms with E-state index in [-0.39, 0.29) is 18.5 Å². The third-order valence-corrected chi connectivity index (χ3v) is 4.79. The van der Waals surface area contributed by atoms with Crippen molar-refractivity contribution >= 4 is 18.5 Å². The topological polar surface area (TPSA) is 38.3 Å². The van der Waals surface area contributed by atoms with Crippen LogP contribution in [0, 0.1) is 23.7 Å². The SMILES string of the molecule is CCOC(=O)NC1C2CC3CC(C2)CC1C3.Cl. The molecule has 4 aliphatic rings. The van der Waals surface area contributed by atoms with Crippen LogP contribution in [0.5, 0.6) is 0 Å². The van der Waals surface area contributed by atoms with E-state index >= 15 is 0 Å². The van der Waals surface area contributed by atoms with E-state index in [1.807, 2.05) is 6.92 Å². The Balaban J connectivity index is 0.00000108. The third-order valence-electron chi connectivity index (χ3n) is 4.79. The standard InChI is InChI=1S/C13H21NO2.ClH/c1-2-16-13(15)14-12-10-4-8-3-9(6-10)7-11(12)5-8;/h8-12H,2-7H2,1H3,(H,14,15);1H. The Bertz CT molecular complexity index is 267. The van der Waals surface area contributed by atoms with Gasteiger partial charge in [0.2, 0.25) is 0 Å². The second kappa shape index (κ2) is 5.05. The zero-order valence-electron chi connectivity index (χ0n) is 10.4. The van der Waals surface area contributed by atoms with Crippen molar-refractivity contribution in [3.63, 3.8) is 0 Å². The second-order valence-corrected chi connectivity index (χ2v) is 5.82. The first-order valence-corrected chi connectivity index (χ1v) is 6.69. The van der Waals surface area contributed by atoms with Gasteiger partial charge >= 0.3 is 6.09 Å². The van der Waals surface area contributed by atoms with E-state index in [0.29, 0.717) is 12.6 Å². The normalized spacial score (nSPS) is 41.8. The smallest absolute Gasteiger partial charge is 0.407 e. The predicted molar refractivity (Wildman–Crippen MR) is 68.2 cm³/mol. The summed E-state index contributed by atoms with van der Waals surface area (Å²) in [6.07, 6.45) is 6.60. The molecule has 0 atom stereocenters. The van der Waals surface area contributed by atoms with Gasteiger partial charge < -0.3 is 10.1 Å². The average Bonchev–Trinajstić information content (AvgIpc) is 2.23. The van der Waals surface area contributed by atoms with Gasteiger partial charge in [-0.05, 0) is 62.7 Å². The molecule has 1 amide bonds. The van der Waals surface area contributed by atoms with E-state index in [0.717, 1.165) is 23.7 Å². The van der Waals surface area contributed by atoms with Crippen LogP contribution in [0.25, 0.3) is 0 Å². The Kier molecular flexibility index (Phi) is 3.86. The number of amides is 1. The molecule has 4 aliphatic carbocycles. The lowest BCUT2D eigenvalue weighted by atomic mass is 9.54. The van der Waals surface area contributed by atoms with E-state index in [9.17, 15) is 4.79 Å². The van der Waals surface area contributed by atoms with E-state index in [2.05, 4.69) is 5.32 Å². The lowest BCUT2D eigenvalue weighted by Gasteiger charge is -2.54. The van der Waals surface area contributed by atoms with Crippen LogP contribution in [0.2, 0.25) is 0 Å². The molecule has 0 unspecified atom stereocenters. The quantitative estimate of drug-likeness (QED) is 0.828. The molecule has 17 heavy (non-hydrogen) atoms. The summed E-state index contributed by atoms with van der Waals surface area (Å²) in [7, 11) is 0. The fraction of sp³-hybridized carbons (Fsp3) is 0.923. The molecule has 4 bridgehead atoms. The van der Waals surface area contributed by atoms with E-state index in [4.69, 9.17) is 4.74 Å². The van der Waals surface area contributed by atoms with Crippen molar-refractivity contribution in [3.05, 3.63) is 0 Å². The Labute approximate surface area is 109 Å². The molecule has 4 fully saturated rings. The van der Waals surface area contributed by atoms with Gasteiger partial charge in [0, 0.05) is 6.04 Å². The van der Waals surface area contributed by atoms with Crippen LogP contribution >= 0.6 is 12.4 Å². The Morgan fingerprint density at radius 2 is 1.65 bits per heavy atom. The minimum absolute atomic E-state index is 0.